The minimum absolute atomic E-state index is 0.0978. The fourth-order valence-corrected chi connectivity index (χ4v) is 2.30. The zero-order valence-electron chi connectivity index (χ0n) is 12.0. The van der Waals surface area contributed by atoms with Gasteiger partial charge in [0.25, 0.3) is 0 Å². The molecule has 0 aliphatic rings. The van der Waals surface area contributed by atoms with Crippen molar-refractivity contribution in [2.24, 2.45) is 5.16 Å². The van der Waals surface area contributed by atoms with Crippen LogP contribution in [0.5, 0.6) is 0 Å². The number of anilines is 1. The molecule has 0 saturated heterocycles. The third-order valence-electron chi connectivity index (χ3n) is 2.73. The molecule has 0 bridgehead atoms. The molecule has 0 unspecified atom stereocenters. The van der Waals surface area contributed by atoms with Gasteiger partial charge in [-0.3, -0.25) is 0 Å². The lowest BCUT2D eigenvalue weighted by molar-refractivity contribution is -0.137. The molecule has 2 aromatic heterocycles. The molecular formula is C13H12N6O3S. The van der Waals surface area contributed by atoms with Gasteiger partial charge in [-0.1, -0.05) is 22.1 Å². The first-order chi connectivity index (χ1) is 11.2. The summed E-state index contributed by atoms with van der Waals surface area (Å²) >= 11 is 1.18. The number of carbonyl (C=O) groups excluding carboxylic acids is 1. The van der Waals surface area contributed by atoms with Crippen LogP contribution in [-0.4, -0.2) is 38.4 Å². The number of rotatable bonds is 5. The van der Waals surface area contributed by atoms with Gasteiger partial charge in [0.05, 0.1) is 0 Å². The zero-order chi connectivity index (χ0) is 16.2. The van der Waals surface area contributed by atoms with Gasteiger partial charge in [0.15, 0.2) is 5.13 Å². The van der Waals surface area contributed by atoms with Crippen LogP contribution in [0.4, 0.5) is 5.13 Å². The number of nitrogens with zero attached hydrogens (tertiary/aromatic N) is 5. The van der Waals surface area contributed by atoms with Crippen LogP contribution < -0.4 is 10.6 Å². The Hall–Kier alpha value is -3.01. The molecule has 0 spiro atoms. The molecule has 0 aliphatic carbocycles. The zero-order valence-corrected chi connectivity index (χ0v) is 12.9. The first kappa shape index (κ1) is 14.9. The minimum atomic E-state index is -0.778. The van der Waals surface area contributed by atoms with Gasteiger partial charge in [-0.05, 0) is 24.3 Å². The molecular weight excluding hydrogens is 320 g/mol. The molecule has 1 aromatic carbocycles. The SMILES string of the molecule is CCO/N=C(\C(=O)On1nnc2ccccc21)c1csc(N)n1. The molecule has 9 nitrogen and oxygen atoms in total. The number of carbonyl (C=O) groups is 1. The third-order valence-corrected chi connectivity index (χ3v) is 3.41. The first-order valence-corrected chi connectivity index (χ1v) is 7.51. The summed E-state index contributed by atoms with van der Waals surface area (Å²) in [5, 5.41) is 13.3. The average Bonchev–Trinajstić information content (AvgIpc) is 3.15. The second kappa shape index (κ2) is 6.40. The number of hydrogen-bond acceptors (Lipinski definition) is 9. The first-order valence-electron chi connectivity index (χ1n) is 6.63. The van der Waals surface area contributed by atoms with Crippen LogP contribution in [0.15, 0.2) is 34.8 Å². The van der Waals surface area contributed by atoms with E-state index in [4.69, 9.17) is 15.4 Å². The van der Waals surface area contributed by atoms with Crippen molar-refractivity contribution in [3.63, 3.8) is 0 Å². The summed E-state index contributed by atoms with van der Waals surface area (Å²) in [5.41, 5.74) is 6.91. The van der Waals surface area contributed by atoms with Crippen molar-refractivity contribution < 1.29 is 14.5 Å². The molecule has 0 atom stereocenters. The maximum Gasteiger partial charge on any atom is 0.389 e. The van der Waals surface area contributed by atoms with Crippen LogP contribution in [0.3, 0.4) is 0 Å². The molecule has 0 fully saturated rings. The highest BCUT2D eigenvalue weighted by atomic mass is 32.1. The van der Waals surface area contributed by atoms with Gasteiger partial charge in [0.1, 0.15) is 23.3 Å². The highest BCUT2D eigenvalue weighted by Crippen LogP contribution is 2.13. The van der Waals surface area contributed by atoms with Crippen molar-refractivity contribution in [2.75, 3.05) is 12.3 Å². The molecule has 3 aromatic rings. The molecule has 3 rings (SSSR count). The van der Waals surface area contributed by atoms with Gasteiger partial charge in [0, 0.05) is 5.38 Å². The largest absolute Gasteiger partial charge is 0.395 e. The van der Waals surface area contributed by atoms with Gasteiger partial charge < -0.3 is 15.4 Å². The number of hydrogen-bond donors (Lipinski definition) is 1. The quantitative estimate of drug-likeness (QED) is 0.418. The number of aromatic nitrogens is 4. The maximum atomic E-state index is 12.4. The molecule has 10 heteroatoms. The number of thiazole rings is 1. The number of para-hydroxylation sites is 1. The summed E-state index contributed by atoms with van der Waals surface area (Å²) in [6.45, 7) is 2.04. The molecule has 118 valence electrons. The van der Waals surface area contributed by atoms with E-state index in [0.717, 1.165) is 4.85 Å². The van der Waals surface area contributed by atoms with Crippen LogP contribution in [0.1, 0.15) is 12.6 Å². The van der Waals surface area contributed by atoms with Crippen molar-refractivity contribution in [3.05, 3.63) is 35.3 Å². The molecule has 0 amide bonds. The Kier molecular flexibility index (Phi) is 4.15. The van der Waals surface area contributed by atoms with Crippen molar-refractivity contribution in [2.45, 2.75) is 6.92 Å². The van der Waals surface area contributed by atoms with Crippen LogP contribution >= 0.6 is 11.3 Å². The van der Waals surface area contributed by atoms with Gasteiger partial charge in [0.2, 0.25) is 5.71 Å². The van der Waals surface area contributed by atoms with Gasteiger partial charge in [-0.25, -0.2) is 9.78 Å². The van der Waals surface area contributed by atoms with E-state index in [1.807, 2.05) is 6.07 Å². The van der Waals surface area contributed by atoms with E-state index in [9.17, 15) is 4.79 Å². The summed E-state index contributed by atoms with van der Waals surface area (Å²) in [6.07, 6.45) is 0. The van der Waals surface area contributed by atoms with E-state index >= 15 is 0 Å². The van der Waals surface area contributed by atoms with Crippen LogP contribution in [0, 0.1) is 0 Å². The van der Waals surface area contributed by atoms with E-state index in [1.54, 1.807) is 30.5 Å². The smallest absolute Gasteiger partial charge is 0.389 e. The summed E-state index contributed by atoms with van der Waals surface area (Å²) < 4.78 is 0. The normalized spacial score (nSPS) is 11.6. The molecule has 2 heterocycles. The molecule has 0 radical (unpaired) electrons. The number of benzene rings is 1. The second-order valence-corrected chi connectivity index (χ2v) is 5.15. The van der Waals surface area contributed by atoms with Gasteiger partial charge in [-0.15, -0.1) is 16.4 Å². The maximum absolute atomic E-state index is 12.4. The van der Waals surface area contributed by atoms with Crippen molar-refractivity contribution in [1.82, 2.24) is 20.1 Å². The summed E-state index contributed by atoms with van der Waals surface area (Å²) in [7, 11) is 0. The number of fused-ring (bicyclic) bond motifs is 1. The Bertz CT molecular complexity index is 871. The van der Waals surface area contributed by atoms with E-state index in [1.165, 1.54) is 11.3 Å². The standard InChI is InChI=1S/C13H12N6O3S/c1-2-21-17-11(9-7-23-13(14)15-9)12(20)22-19-10-6-4-3-5-8(10)16-18-19/h3-7H,2H2,1H3,(H2,14,15)/b17-11-. The Labute approximate surface area is 134 Å². The van der Waals surface area contributed by atoms with E-state index < -0.39 is 5.97 Å². The van der Waals surface area contributed by atoms with E-state index in [0.29, 0.717) is 22.8 Å². The van der Waals surface area contributed by atoms with E-state index in [2.05, 4.69) is 20.5 Å². The van der Waals surface area contributed by atoms with E-state index in [-0.39, 0.29) is 11.4 Å². The van der Waals surface area contributed by atoms with Crippen LogP contribution in [0.2, 0.25) is 0 Å². The predicted molar refractivity (Wildman–Crippen MR) is 83.8 cm³/mol. The van der Waals surface area contributed by atoms with Crippen molar-refractivity contribution >= 4 is 39.2 Å². The molecule has 0 saturated carbocycles. The average molecular weight is 332 g/mol. The Morgan fingerprint density at radius 1 is 1.43 bits per heavy atom. The molecule has 23 heavy (non-hydrogen) atoms. The van der Waals surface area contributed by atoms with Crippen molar-refractivity contribution in [3.8, 4) is 0 Å². The Balaban J connectivity index is 1.89. The predicted octanol–water partition coefficient (Wildman–Crippen LogP) is 0.866. The number of nitrogens with two attached hydrogens (primary N) is 1. The number of oxime groups is 1. The van der Waals surface area contributed by atoms with Crippen LogP contribution in [0.25, 0.3) is 11.0 Å². The molecule has 2 N–H and O–H groups in total. The minimum Gasteiger partial charge on any atom is -0.395 e. The van der Waals surface area contributed by atoms with Gasteiger partial charge in [-0.2, -0.15) is 0 Å². The number of nitrogen functional groups attached to an aromatic ring is 1. The fraction of sp³-hybridized carbons (Fsp3) is 0.154. The topological polar surface area (TPSA) is 118 Å². The second-order valence-electron chi connectivity index (χ2n) is 4.26. The highest BCUT2D eigenvalue weighted by Gasteiger charge is 2.22. The summed E-state index contributed by atoms with van der Waals surface area (Å²) in [6, 6.07) is 7.07. The lowest BCUT2D eigenvalue weighted by Crippen LogP contribution is -2.29. The Morgan fingerprint density at radius 3 is 3.00 bits per heavy atom. The highest BCUT2D eigenvalue weighted by molar-refractivity contribution is 7.13. The lowest BCUT2D eigenvalue weighted by atomic mass is 10.3. The Morgan fingerprint density at radius 2 is 2.26 bits per heavy atom. The van der Waals surface area contributed by atoms with Crippen LogP contribution in [-0.2, 0) is 9.63 Å². The summed E-state index contributed by atoms with van der Waals surface area (Å²) in [5.74, 6) is -0.778. The third kappa shape index (κ3) is 3.11. The molecule has 0 aliphatic heterocycles. The monoisotopic (exact) mass is 332 g/mol. The summed E-state index contributed by atoms with van der Waals surface area (Å²) in [4.78, 5) is 27.6. The van der Waals surface area contributed by atoms with Crippen molar-refractivity contribution in [1.29, 1.82) is 0 Å². The van der Waals surface area contributed by atoms with Gasteiger partial charge >= 0.3 is 5.97 Å². The lowest BCUT2D eigenvalue weighted by Gasteiger charge is -2.04. The fourth-order valence-electron chi connectivity index (χ4n) is 1.75.